The van der Waals surface area contributed by atoms with Crippen molar-refractivity contribution in [2.45, 2.75) is 0 Å². The van der Waals surface area contributed by atoms with Gasteiger partial charge in [0.05, 0.1) is 10.2 Å². The van der Waals surface area contributed by atoms with Crippen LogP contribution in [0.25, 0.3) is 85.9 Å². The number of benzene rings is 6. The average Bonchev–Trinajstić information content (AvgIpc) is 3.70. The Morgan fingerprint density at radius 1 is 0.386 bits per heavy atom. The van der Waals surface area contributed by atoms with E-state index in [-0.39, 0.29) is 0 Å². The van der Waals surface area contributed by atoms with Gasteiger partial charge in [0.2, 0.25) is 0 Å². The van der Waals surface area contributed by atoms with Crippen LogP contribution in [-0.2, 0) is 0 Å². The summed E-state index contributed by atoms with van der Waals surface area (Å²) in [6.07, 6.45) is 0. The first kappa shape index (κ1) is 25.2. The molecule has 0 amide bonds. The summed E-state index contributed by atoms with van der Waals surface area (Å²) < 4.78 is 3.61. The van der Waals surface area contributed by atoms with Crippen molar-refractivity contribution >= 4 is 63.8 Å². The minimum absolute atomic E-state index is 0.662. The van der Waals surface area contributed by atoms with Gasteiger partial charge in [0.25, 0.3) is 0 Å². The van der Waals surface area contributed by atoms with E-state index < -0.39 is 0 Å². The standard InChI is InChI=1S/C38H22N4S2/c1-3-10-24(11-4-1)35-40-36(25-12-5-2-6-13-25)42-37(41-35)27-17-18-29-32(22-27)43-30-19-20-31-34(33(29)30)39-38(44-31)28-16-15-23-9-7-8-14-26(23)21-28/h1-22H. The van der Waals surface area contributed by atoms with Gasteiger partial charge in [-0.3, -0.25) is 0 Å². The predicted molar refractivity (Wildman–Crippen MR) is 185 cm³/mol. The van der Waals surface area contributed by atoms with Gasteiger partial charge in [-0.2, -0.15) is 0 Å². The van der Waals surface area contributed by atoms with E-state index in [4.69, 9.17) is 19.9 Å². The molecule has 0 bridgehead atoms. The van der Waals surface area contributed by atoms with E-state index in [1.807, 2.05) is 60.7 Å². The number of hydrogen-bond donors (Lipinski definition) is 0. The zero-order valence-corrected chi connectivity index (χ0v) is 24.9. The van der Waals surface area contributed by atoms with Crippen molar-refractivity contribution in [2.24, 2.45) is 0 Å². The fourth-order valence-electron chi connectivity index (χ4n) is 5.78. The highest BCUT2D eigenvalue weighted by molar-refractivity contribution is 7.26. The quantitative estimate of drug-likeness (QED) is 0.202. The summed E-state index contributed by atoms with van der Waals surface area (Å²) in [5.74, 6) is 1.99. The van der Waals surface area contributed by atoms with Crippen LogP contribution in [0.3, 0.4) is 0 Å². The van der Waals surface area contributed by atoms with Gasteiger partial charge in [-0.1, -0.05) is 109 Å². The van der Waals surface area contributed by atoms with Crippen LogP contribution in [-0.4, -0.2) is 19.9 Å². The minimum Gasteiger partial charge on any atom is -0.235 e. The lowest BCUT2D eigenvalue weighted by molar-refractivity contribution is 1.07. The molecule has 9 aromatic rings. The molecule has 3 heterocycles. The van der Waals surface area contributed by atoms with Crippen LogP contribution < -0.4 is 0 Å². The van der Waals surface area contributed by atoms with E-state index in [0.717, 1.165) is 32.8 Å². The summed E-state index contributed by atoms with van der Waals surface area (Å²) in [7, 11) is 0. The molecule has 0 saturated carbocycles. The molecular weight excluding hydrogens is 577 g/mol. The highest BCUT2D eigenvalue weighted by Crippen LogP contribution is 2.42. The number of nitrogens with zero attached hydrogens (tertiary/aromatic N) is 4. The van der Waals surface area contributed by atoms with Crippen molar-refractivity contribution in [2.75, 3.05) is 0 Å². The van der Waals surface area contributed by atoms with Gasteiger partial charge < -0.3 is 0 Å². The first-order valence-electron chi connectivity index (χ1n) is 14.4. The lowest BCUT2D eigenvalue weighted by atomic mass is 10.1. The molecule has 3 aromatic heterocycles. The van der Waals surface area contributed by atoms with Gasteiger partial charge in [-0.05, 0) is 35.0 Å². The van der Waals surface area contributed by atoms with E-state index in [1.165, 1.54) is 35.6 Å². The third-order valence-electron chi connectivity index (χ3n) is 7.95. The maximum Gasteiger partial charge on any atom is 0.164 e. The first-order chi connectivity index (χ1) is 21.8. The number of fused-ring (bicyclic) bond motifs is 6. The molecule has 0 N–H and O–H groups in total. The summed E-state index contributed by atoms with van der Waals surface area (Å²) >= 11 is 3.54. The Hall–Kier alpha value is -5.30. The number of rotatable bonds is 4. The zero-order chi connectivity index (χ0) is 29.0. The summed E-state index contributed by atoms with van der Waals surface area (Å²) in [6.45, 7) is 0. The highest BCUT2D eigenvalue weighted by atomic mass is 32.1. The van der Waals surface area contributed by atoms with Crippen LogP contribution in [0.2, 0.25) is 0 Å². The number of thiophene rings is 1. The Bertz CT molecular complexity index is 2440. The molecule has 0 saturated heterocycles. The number of aromatic nitrogens is 4. The van der Waals surface area contributed by atoms with Crippen LogP contribution in [0.5, 0.6) is 0 Å². The van der Waals surface area contributed by atoms with Gasteiger partial charge in [-0.25, -0.2) is 19.9 Å². The van der Waals surface area contributed by atoms with E-state index in [0.29, 0.717) is 17.5 Å². The van der Waals surface area contributed by atoms with E-state index in [2.05, 4.69) is 72.8 Å². The van der Waals surface area contributed by atoms with Gasteiger partial charge in [0, 0.05) is 42.4 Å². The normalized spacial score (nSPS) is 11.6. The summed E-state index contributed by atoms with van der Waals surface area (Å²) in [5.41, 5.74) is 5.10. The largest absolute Gasteiger partial charge is 0.235 e. The van der Waals surface area contributed by atoms with Crippen LogP contribution >= 0.6 is 22.7 Å². The van der Waals surface area contributed by atoms with Crippen molar-refractivity contribution in [3.8, 4) is 44.7 Å². The van der Waals surface area contributed by atoms with Crippen LogP contribution in [0, 0.1) is 0 Å². The summed E-state index contributed by atoms with van der Waals surface area (Å²) in [5, 5.41) is 5.93. The molecule has 0 fully saturated rings. The van der Waals surface area contributed by atoms with Crippen molar-refractivity contribution in [3.63, 3.8) is 0 Å². The Morgan fingerprint density at radius 3 is 1.73 bits per heavy atom. The number of hydrogen-bond acceptors (Lipinski definition) is 6. The van der Waals surface area contributed by atoms with E-state index in [9.17, 15) is 0 Å². The Labute approximate surface area is 261 Å². The first-order valence-corrected chi connectivity index (χ1v) is 16.0. The molecule has 206 valence electrons. The molecule has 9 rings (SSSR count). The van der Waals surface area contributed by atoms with Crippen LogP contribution in [0.4, 0.5) is 0 Å². The molecule has 6 heteroatoms. The molecule has 0 spiro atoms. The average molecular weight is 599 g/mol. The summed E-state index contributed by atoms with van der Waals surface area (Å²) in [6, 6.07) is 46.2. The van der Waals surface area contributed by atoms with E-state index >= 15 is 0 Å². The molecule has 0 radical (unpaired) electrons. The molecule has 0 aliphatic heterocycles. The highest BCUT2D eigenvalue weighted by Gasteiger charge is 2.17. The number of thiazole rings is 1. The minimum atomic E-state index is 0.662. The van der Waals surface area contributed by atoms with Gasteiger partial charge in [-0.15, -0.1) is 22.7 Å². The monoisotopic (exact) mass is 598 g/mol. The fourth-order valence-corrected chi connectivity index (χ4v) is 7.89. The molecule has 6 aromatic carbocycles. The molecule has 4 nitrogen and oxygen atoms in total. The lowest BCUT2D eigenvalue weighted by Crippen LogP contribution is -1.99. The van der Waals surface area contributed by atoms with Gasteiger partial charge >= 0.3 is 0 Å². The van der Waals surface area contributed by atoms with Crippen molar-refractivity contribution < 1.29 is 0 Å². The molecular formula is C38H22N4S2. The fraction of sp³-hybridized carbons (Fsp3) is 0. The van der Waals surface area contributed by atoms with Crippen molar-refractivity contribution in [1.82, 2.24) is 19.9 Å². The Kier molecular flexibility index (Phi) is 5.82. The molecule has 0 atom stereocenters. The zero-order valence-electron chi connectivity index (χ0n) is 23.3. The van der Waals surface area contributed by atoms with Crippen LogP contribution in [0.1, 0.15) is 0 Å². The Balaban J connectivity index is 1.18. The Morgan fingerprint density at radius 2 is 1.00 bits per heavy atom. The van der Waals surface area contributed by atoms with Crippen molar-refractivity contribution in [1.29, 1.82) is 0 Å². The maximum absolute atomic E-state index is 5.20. The molecule has 44 heavy (non-hydrogen) atoms. The SMILES string of the molecule is c1ccc(-c2nc(-c3ccccc3)nc(-c3ccc4c(c3)sc3ccc5sc(-c6ccc7ccccc7c6)nc5c34)n2)cc1. The van der Waals surface area contributed by atoms with E-state index in [1.54, 1.807) is 22.7 Å². The predicted octanol–water partition coefficient (Wildman–Crippen LogP) is 10.7. The van der Waals surface area contributed by atoms with Crippen molar-refractivity contribution in [3.05, 3.63) is 133 Å². The topological polar surface area (TPSA) is 51.6 Å². The lowest BCUT2D eigenvalue weighted by Gasteiger charge is -2.08. The van der Waals surface area contributed by atoms with Crippen LogP contribution in [0.15, 0.2) is 133 Å². The maximum atomic E-state index is 5.20. The molecule has 0 aliphatic rings. The summed E-state index contributed by atoms with van der Waals surface area (Å²) in [4.78, 5) is 19.9. The second kappa shape index (κ2) is 10.2. The molecule has 0 unspecified atom stereocenters. The van der Waals surface area contributed by atoms with Gasteiger partial charge in [0.1, 0.15) is 5.01 Å². The third-order valence-corrected chi connectivity index (χ3v) is 10.1. The second-order valence-electron chi connectivity index (χ2n) is 10.7. The smallest absolute Gasteiger partial charge is 0.164 e. The second-order valence-corrected chi connectivity index (χ2v) is 12.8. The molecule has 0 aliphatic carbocycles. The van der Waals surface area contributed by atoms with Gasteiger partial charge in [0.15, 0.2) is 17.5 Å². The third kappa shape index (κ3) is 4.27.